The molecule has 1 saturated heterocycles. The van der Waals surface area contributed by atoms with E-state index in [0.29, 0.717) is 49.9 Å². The summed E-state index contributed by atoms with van der Waals surface area (Å²) in [5.41, 5.74) is 3.29. The minimum atomic E-state index is -4.33. The molecule has 1 heterocycles. The fourth-order valence-electron chi connectivity index (χ4n) is 17.5. The van der Waals surface area contributed by atoms with Crippen LogP contribution in [0, 0.1) is 47.1 Å². The summed E-state index contributed by atoms with van der Waals surface area (Å²) in [5, 5.41) is 0. The number of fused-ring (bicyclic) bond motifs is 2. The van der Waals surface area contributed by atoms with Crippen molar-refractivity contribution in [1.82, 2.24) is 4.90 Å². The predicted octanol–water partition coefficient (Wildman–Crippen LogP) is 15.9. The quantitative estimate of drug-likeness (QED) is 0.0135. The van der Waals surface area contributed by atoms with Gasteiger partial charge in [0.25, 0.3) is 0 Å². The van der Waals surface area contributed by atoms with Crippen LogP contribution in [0.15, 0.2) is 148 Å². The van der Waals surface area contributed by atoms with Crippen LogP contribution >= 0.6 is 0 Å². The molecule has 0 aromatic heterocycles. The third-order valence-corrected chi connectivity index (χ3v) is 30.8. The van der Waals surface area contributed by atoms with Gasteiger partial charge in [-0.3, -0.25) is 19.3 Å². The topological polar surface area (TPSA) is 258 Å². The van der Waals surface area contributed by atoms with Crippen molar-refractivity contribution in [2.24, 2.45) is 39.9 Å². The largest absolute Gasteiger partial charge is 0.748 e. The first-order chi connectivity index (χ1) is 55.4. The molecule has 2 unspecified atom stereocenters. The lowest BCUT2D eigenvalue weighted by Crippen LogP contribution is -3.61. The summed E-state index contributed by atoms with van der Waals surface area (Å²) in [5.74, 6) is 0.729. The first kappa shape index (κ1) is 104. The normalized spacial score (nSPS) is 20.6. The number of hydrogen-bond acceptors (Lipinski definition) is 16. The Bertz CT molecular complexity index is 3920. The smallest absolute Gasteiger partial charge is 0.357 e. The molecule has 6 bridgehead atoms. The van der Waals surface area contributed by atoms with Crippen molar-refractivity contribution in [3.05, 3.63) is 157 Å². The summed E-state index contributed by atoms with van der Waals surface area (Å²) >= 11 is -0.0703. The molecule has 1 N–H and O–H groups in total. The summed E-state index contributed by atoms with van der Waals surface area (Å²) in [6.07, 6.45) is 29.7. The van der Waals surface area contributed by atoms with Crippen LogP contribution in [-0.2, 0) is 86.1 Å². The van der Waals surface area contributed by atoms with Crippen LogP contribution in [-0.4, -0.2) is 145 Å². The second-order valence-corrected chi connectivity index (χ2v) is 46.6. The van der Waals surface area contributed by atoms with Crippen LogP contribution in [0.25, 0.3) is 0 Å². The first-order valence-corrected chi connectivity index (χ1v) is 52.4. The average molecular weight is 1830 g/mol. The lowest BCUT2D eigenvalue weighted by atomic mass is 9.49. The molecule has 22 heteroatoms. The van der Waals surface area contributed by atoms with Crippen LogP contribution in [0.1, 0.15) is 281 Å². The Morgan fingerprint density at radius 1 is 0.534 bits per heavy atom. The number of nitrogens with zero attached hydrogens (tertiary/aromatic N) is 1. The maximum Gasteiger partial charge on any atom is 0.357 e. The van der Waals surface area contributed by atoms with Crippen molar-refractivity contribution in [2.45, 2.75) is 295 Å². The zero-order chi connectivity index (χ0) is 87.4. The number of halogens is 1. The Balaban J connectivity index is 0.000000256. The molecule has 0 spiro atoms. The number of nitrogens with one attached hydrogen (secondary N) is 1. The number of carbonyl (C=O) groups excluding carboxylic acids is 3. The first-order valence-electron chi connectivity index (χ1n) is 44.0. The second kappa shape index (κ2) is 50.4. The van der Waals surface area contributed by atoms with Crippen molar-refractivity contribution < 1.29 is 93.6 Å². The van der Waals surface area contributed by atoms with E-state index in [1.165, 1.54) is 161 Å². The summed E-state index contributed by atoms with van der Waals surface area (Å²) in [7, 11) is -12.6. The minimum Gasteiger partial charge on any atom is -0.748 e. The number of morpholine rings is 1. The molecule has 2 atom stereocenters. The van der Waals surface area contributed by atoms with Gasteiger partial charge in [0.2, 0.25) is 0 Å². The van der Waals surface area contributed by atoms with Crippen molar-refractivity contribution >= 4 is 59.0 Å². The van der Waals surface area contributed by atoms with Crippen LogP contribution in [0.2, 0.25) is 0 Å². The molecule has 0 radical (unpaired) electrons. The van der Waals surface area contributed by atoms with E-state index in [4.69, 9.17) is 27.2 Å². The lowest BCUT2D eigenvalue weighted by Gasteiger charge is -2.55. The monoisotopic (exact) mass is 1820 g/mol. The maximum absolute atomic E-state index is 12.3. The second-order valence-electron chi connectivity index (χ2n) is 37.2. The number of carbonyl (C=O) groups is 3. The van der Waals surface area contributed by atoms with E-state index < -0.39 is 47.3 Å². The molecule has 6 aliphatic carbocycles. The zero-order valence-electron chi connectivity index (χ0n) is 74.8. The van der Waals surface area contributed by atoms with E-state index in [1.54, 1.807) is 4.90 Å². The Morgan fingerprint density at radius 3 is 1.25 bits per heavy atom. The summed E-state index contributed by atoms with van der Waals surface area (Å²) < 4.78 is 110. The summed E-state index contributed by atoms with van der Waals surface area (Å²) in [6, 6.07) is 49.1. The number of Topliss-reactive ketones (excluding diaryl/α,β-unsaturated/α-hetero) is 1. The number of quaternary nitrogens is 1. The van der Waals surface area contributed by atoms with Gasteiger partial charge in [-0.1, -0.05) is 246 Å². The van der Waals surface area contributed by atoms with Gasteiger partial charge < -0.3 is 32.8 Å². The van der Waals surface area contributed by atoms with E-state index in [-0.39, 0.29) is 89.4 Å². The molecule has 6 saturated carbocycles. The van der Waals surface area contributed by atoms with E-state index in [9.17, 15) is 40.3 Å². The van der Waals surface area contributed by atoms with Crippen LogP contribution in [0.5, 0.6) is 0 Å². The summed E-state index contributed by atoms with van der Waals surface area (Å²) in [6.45, 7) is 41.6. The molecule has 1 aliphatic heterocycles. The molecule has 5 aromatic carbocycles. The molecular weight excluding hydrogens is 1680 g/mol. The number of ether oxygens (including phenoxy) is 3. The van der Waals surface area contributed by atoms with Gasteiger partial charge >= 0.3 is 33.1 Å². The Labute approximate surface area is 727 Å². The molecule has 118 heavy (non-hydrogen) atoms. The van der Waals surface area contributed by atoms with Gasteiger partial charge in [-0.25, -0.2) is 25.3 Å². The third-order valence-electron chi connectivity index (χ3n) is 24.4. The Hall–Kier alpha value is -4.60. The highest BCUT2D eigenvalue weighted by atomic mass is 127. The Morgan fingerprint density at radius 2 is 0.915 bits per heavy atom. The van der Waals surface area contributed by atoms with Gasteiger partial charge in [0.1, 0.15) is 19.0 Å². The molecule has 17 nitrogen and oxygen atoms in total. The van der Waals surface area contributed by atoms with E-state index in [1.807, 2.05) is 13.8 Å². The SMILES string of the molecule is CC(C)(C)c1ccc([I+]c2ccc(C(C)(C)C)cc2)cc1.CC(C)(C)c1ccc([S+](c2ccccc2)c2ccccc2)cc1.CC1(C)C2CCC1(CS(=O)(=O)[O-])C(=O)C2.CCCCCCCCCCCCCCCCCC(=O)OCCN1CCOCC1.CC[NH+](CC)CC.CS(=O)(=O)[O-].O=C(OCCS(=O)(=O)[O-])C12CC3CC(CC(C3)C1)C2. The maximum atomic E-state index is 12.3. The number of ketones is 1. The summed E-state index contributed by atoms with van der Waals surface area (Å²) in [4.78, 5) is 43.9. The number of hydrogen-bond donors (Lipinski definition) is 1. The van der Waals surface area contributed by atoms with Crippen molar-refractivity contribution in [1.29, 1.82) is 0 Å². The molecule has 664 valence electrons. The molecule has 7 aliphatic rings. The third kappa shape index (κ3) is 37.8. The average Bonchev–Trinajstić information content (AvgIpc) is 1.52. The number of unbranched alkanes of at least 4 members (excludes halogenated alkanes) is 14. The van der Waals surface area contributed by atoms with E-state index >= 15 is 0 Å². The Kier molecular flexibility index (Phi) is 44.4. The highest BCUT2D eigenvalue weighted by Gasteiger charge is 2.64. The van der Waals surface area contributed by atoms with Gasteiger partial charge in [-0.2, -0.15) is 0 Å². The van der Waals surface area contributed by atoms with Crippen LogP contribution < -0.4 is 26.1 Å². The lowest BCUT2D eigenvalue weighted by molar-refractivity contribution is -0.894. The molecule has 0 amide bonds. The van der Waals surface area contributed by atoms with Gasteiger partial charge in [0.05, 0.1) is 91.0 Å². The highest BCUT2D eigenvalue weighted by Crippen LogP contribution is 2.64. The van der Waals surface area contributed by atoms with Crippen molar-refractivity contribution in [3.63, 3.8) is 0 Å². The van der Waals surface area contributed by atoms with Crippen molar-refractivity contribution in [2.75, 3.05) is 83.5 Å². The molecule has 12 rings (SSSR count). The van der Waals surface area contributed by atoms with Gasteiger partial charge in [-0.05, 0) is 201 Å². The van der Waals surface area contributed by atoms with Crippen LogP contribution in [0.4, 0.5) is 0 Å². The zero-order valence-corrected chi connectivity index (χ0v) is 80.2. The number of esters is 2. The van der Waals surface area contributed by atoms with Gasteiger partial charge in [-0.15, -0.1) is 0 Å². The molecule has 5 aromatic rings. The fourth-order valence-corrected chi connectivity index (χ4v) is 23.3. The standard InChI is InChI=1S/C24H47NO3.C22H23S.C20H26I.C13H20O5S.C10H16O4S.C6H15N.CH4O3S/c1-2-3-4-5-6-7-8-9-10-11-12-13-14-15-16-17-24(26)28-23-20-25-18-21-27-22-19-25;1-22(2,3)18-14-16-21(17-15-18)23(19-10-6-4-7-11-19)20-12-8-5-9-13-20;1-19(2,3)15-7-11-17(12-8-15)21-18-13-9-16(10-14-18)20(4,5)6;14-12(18-1-2-19(15,16)17)13-6-9-3-10(7-13)5-11(4-9)8-13;1-9(2)7-3-4-10(9,8(11)5-7)6-15(12,13)14;1-4-7(5-2)6-3;1-5(2,3)4/h2-23H2,1H3;4-17H,1-3H3;7-14H,1-6H3;9-11H,1-8H2,(H,15,16,17);7H,3-6H2,1-2H3,(H,12,13,14);4-6H2,1-3H3;1H3,(H,2,3,4)/q;2*+1;;;;/p-2. The number of benzene rings is 5. The van der Waals surface area contributed by atoms with Gasteiger partial charge in [0, 0.05) is 44.1 Å². The molecule has 7 fully saturated rings. The van der Waals surface area contributed by atoms with E-state index in [2.05, 4.69) is 228 Å². The fraction of sp³-hybridized carbons (Fsp3) is 0.656. The molecular formula is C96H149IN2O15S4. The predicted molar refractivity (Wildman–Crippen MR) is 473 cm³/mol. The van der Waals surface area contributed by atoms with E-state index in [0.717, 1.165) is 71.4 Å². The van der Waals surface area contributed by atoms with Crippen LogP contribution in [0.3, 0.4) is 0 Å². The van der Waals surface area contributed by atoms with Crippen molar-refractivity contribution in [3.8, 4) is 0 Å². The number of rotatable bonds is 33. The minimum absolute atomic E-state index is 0.0248. The highest BCUT2D eigenvalue weighted by molar-refractivity contribution is 7.97. The van der Waals surface area contributed by atoms with Gasteiger partial charge in [0.15, 0.2) is 21.8 Å².